The van der Waals surface area contributed by atoms with Gasteiger partial charge in [-0.15, -0.1) is 0 Å². The molecule has 3 nitrogen and oxygen atoms in total. The molecule has 0 aliphatic rings. The number of nitrogens with one attached hydrogen (secondary N) is 1. The molecule has 0 aliphatic carbocycles. The zero-order valence-electron chi connectivity index (χ0n) is 7.60. The maximum Gasteiger partial charge on any atom is 0 e. The van der Waals surface area contributed by atoms with Crippen LogP contribution in [0, 0.1) is 0 Å². The van der Waals surface area contributed by atoms with Gasteiger partial charge in [0.05, 0.1) is 0 Å². The third-order valence-electron chi connectivity index (χ3n) is 1.37. The van der Waals surface area contributed by atoms with E-state index in [1.54, 1.807) is 0 Å². The van der Waals surface area contributed by atoms with Crippen molar-refractivity contribution in [2.75, 3.05) is 26.2 Å². The minimum atomic E-state index is 0. The summed E-state index contributed by atoms with van der Waals surface area (Å²) < 4.78 is 0. The molecule has 0 amide bonds. The Kier molecular flexibility index (Phi) is 16.7. The molecular weight excluding hydrogens is 133 g/mol. The van der Waals surface area contributed by atoms with E-state index in [0.29, 0.717) is 0 Å². The van der Waals surface area contributed by atoms with Crippen LogP contribution in [0.15, 0.2) is 0 Å². The summed E-state index contributed by atoms with van der Waals surface area (Å²) in [5.74, 6) is 0. The largest absolute Gasteiger partial charge is 0.330 e. The van der Waals surface area contributed by atoms with Crippen molar-refractivity contribution in [1.29, 1.82) is 0 Å². The summed E-state index contributed by atoms with van der Waals surface area (Å²) in [7, 11) is 0. The quantitative estimate of drug-likeness (QED) is 0.333. The van der Waals surface area contributed by atoms with Gasteiger partial charge in [-0.05, 0) is 45.4 Å². The molecule has 0 rings (SSSR count). The molecule has 0 saturated carbocycles. The first kappa shape index (κ1) is 14.0. The Bertz CT molecular complexity index is 53.6. The molecule has 5 N–H and O–H groups in total. The van der Waals surface area contributed by atoms with Crippen LogP contribution in [0.2, 0.25) is 0 Å². The van der Waals surface area contributed by atoms with E-state index in [1.165, 1.54) is 6.42 Å². The van der Waals surface area contributed by atoms with Gasteiger partial charge in [-0.3, -0.25) is 0 Å². The van der Waals surface area contributed by atoms with Gasteiger partial charge < -0.3 is 16.8 Å². The van der Waals surface area contributed by atoms with Crippen molar-refractivity contribution >= 4 is 18.9 Å². The van der Waals surface area contributed by atoms with Crippen LogP contribution < -0.4 is 16.8 Å². The van der Waals surface area contributed by atoms with E-state index < -0.39 is 0 Å². The molecule has 0 aliphatic heterocycles. The second-order valence-electron chi connectivity index (χ2n) is 2.39. The van der Waals surface area contributed by atoms with Crippen molar-refractivity contribution < 1.29 is 0 Å². The summed E-state index contributed by atoms with van der Waals surface area (Å²) in [4.78, 5) is 0. The number of hydrogen-bond donors (Lipinski definition) is 3. The Morgan fingerprint density at radius 2 is 1.36 bits per heavy atom. The Morgan fingerprint density at radius 1 is 0.818 bits per heavy atom. The summed E-state index contributed by atoms with van der Waals surface area (Å²) in [6, 6.07) is 0. The second-order valence-corrected chi connectivity index (χ2v) is 2.39. The van der Waals surface area contributed by atoms with E-state index in [2.05, 4.69) is 5.32 Å². The molecule has 0 aromatic carbocycles. The minimum absolute atomic E-state index is 0. The first-order valence-corrected chi connectivity index (χ1v) is 4.02. The predicted molar refractivity (Wildman–Crippen MR) is 50.6 cm³/mol. The fraction of sp³-hybridized carbons (Fsp3) is 1.00. The van der Waals surface area contributed by atoms with E-state index in [-0.39, 0.29) is 18.9 Å². The maximum absolute atomic E-state index is 5.32. The van der Waals surface area contributed by atoms with Gasteiger partial charge in [0.15, 0.2) is 0 Å². The second kappa shape index (κ2) is 13.1. The SMILES string of the molecule is NCCCCNCCCN.[Li]. The van der Waals surface area contributed by atoms with Crippen LogP contribution >= 0.6 is 0 Å². The Hall–Kier alpha value is 0.477. The average molecular weight is 152 g/mol. The standard InChI is InChI=1S/C7H19N3.Li/c8-4-1-2-6-10-7-3-5-9;/h10H,1-9H2;. The van der Waals surface area contributed by atoms with Crippen molar-refractivity contribution in [3.05, 3.63) is 0 Å². The van der Waals surface area contributed by atoms with Crippen LogP contribution in [-0.4, -0.2) is 45.0 Å². The normalized spacial score (nSPS) is 9.27. The Labute approximate surface area is 81.5 Å². The summed E-state index contributed by atoms with van der Waals surface area (Å²) >= 11 is 0. The zero-order chi connectivity index (χ0) is 7.66. The zero-order valence-corrected chi connectivity index (χ0v) is 7.60. The molecule has 0 heterocycles. The Balaban J connectivity index is 0. The monoisotopic (exact) mass is 152 g/mol. The smallest absolute Gasteiger partial charge is 0 e. The van der Waals surface area contributed by atoms with Crippen molar-refractivity contribution in [2.24, 2.45) is 11.5 Å². The first-order chi connectivity index (χ1) is 4.91. The summed E-state index contributed by atoms with van der Waals surface area (Å²) in [5, 5.41) is 3.29. The van der Waals surface area contributed by atoms with Gasteiger partial charge in [0, 0.05) is 18.9 Å². The minimum Gasteiger partial charge on any atom is -0.330 e. The van der Waals surface area contributed by atoms with Crippen molar-refractivity contribution in [3.8, 4) is 0 Å². The molecule has 0 bridgehead atoms. The molecule has 4 heteroatoms. The third kappa shape index (κ3) is 13.5. The first-order valence-electron chi connectivity index (χ1n) is 4.02. The fourth-order valence-corrected chi connectivity index (χ4v) is 0.746. The third-order valence-corrected chi connectivity index (χ3v) is 1.37. The summed E-state index contributed by atoms with van der Waals surface area (Å²) in [6.07, 6.45) is 3.37. The fourth-order valence-electron chi connectivity index (χ4n) is 0.746. The molecule has 1 radical (unpaired) electrons. The van der Waals surface area contributed by atoms with E-state index in [0.717, 1.165) is 39.0 Å². The number of hydrogen-bond acceptors (Lipinski definition) is 3. The van der Waals surface area contributed by atoms with Crippen molar-refractivity contribution in [2.45, 2.75) is 19.3 Å². The van der Waals surface area contributed by atoms with Crippen LogP contribution in [0.3, 0.4) is 0 Å². The van der Waals surface area contributed by atoms with E-state index in [9.17, 15) is 0 Å². The van der Waals surface area contributed by atoms with Gasteiger partial charge in [-0.25, -0.2) is 0 Å². The average Bonchev–Trinajstić information content (AvgIpc) is 1.97. The molecule has 0 fully saturated rings. The van der Waals surface area contributed by atoms with Crippen LogP contribution in [0.25, 0.3) is 0 Å². The molecule has 63 valence electrons. The predicted octanol–water partition coefficient (Wildman–Crippen LogP) is -0.717. The maximum atomic E-state index is 5.32. The van der Waals surface area contributed by atoms with Gasteiger partial charge in [-0.2, -0.15) is 0 Å². The molecule has 0 spiro atoms. The Morgan fingerprint density at radius 3 is 1.91 bits per heavy atom. The molecule has 0 atom stereocenters. The van der Waals surface area contributed by atoms with Crippen LogP contribution in [0.1, 0.15) is 19.3 Å². The number of rotatable bonds is 7. The molecule has 0 unspecified atom stereocenters. The van der Waals surface area contributed by atoms with Crippen LogP contribution in [0.4, 0.5) is 0 Å². The van der Waals surface area contributed by atoms with Crippen LogP contribution in [-0.2, 0) is 0 Å². The molecule has 0 aromatic heterocycles. The molecule has 0 aromatic rings. The van der Waals surface area contributed by atoms with E-state index in [4.69, 9.17) is 11.5 Å². The van der Waals surface area contributed by atoms with Gasteiger partial charge in [-0.1, -0.05) is 0 Å². The van der Waals surface area contributed by atoms with Gasteiger partial charge >= 0.3 is 0 Å². The van der Waals surface area contributed by atoms with Crippen molar-refractivity contribution in [3.63, 3.8) is 0 Å². The summed E-state index contributed by atoms with van der Waals surface area (Å²) in [6.45, 7) is 3.71. The van der Waals surface area contributed by atoms with Gasteiger partial charge in [0.1, 0.15) is 0 Å². The van der Waals surface area contributed by atoms with Crippen molar-refractivity contribution in [1.82, 2.24) is 5.32 Å². The van der Waals surface area contributed by atoms with E-state index in [1.807, 2.05) is 0 Å². The molecular formula is C7H19LiN3. The van der Waals surface area contributed by atoms with E-state index >= 15 is 0 Å². The van der Waals surface area contributed by atoms with Gasteiger partial charge in [0.2, 0.25) is 0 Å². The van der Waals surface area contributed by atoms with Gasteiger partial charge in [0.25, 0.3) is 0 Å². The topological polar surface area (TPSA) is 64.1 Å². The van der Waals surface area contributed by atoms with Crippen LogP contribution in [0.5, 0.6) is 0 Å². The summed E-state index contributed by atoms with van der Waals surface area (Å²) in [5.41, 5.74) is 10.6. The number of unbranched alkanes of at least 4 members (excludes halogenated alkanes) is 1. The molecule has 0 saturated heterocycles. The number of nitrogens with two attached hydrogens (primary N) is 2. The molecule has 11 heavy (non-hydrogen) atoms.